The molecule has 0 amide bonds. The lowest BCUT2D eigenvalue weighted by molar-refractivity contribution is 0.121. The Labute approximate surface area is 200 Å². The van der Waals surface area contributed by atoms with Crippen molar-refractivity contribution in [1.82, 2.24) is 9.55 Å². The van der Waals surface area contributed by atoms with Gasteiger partial charge >= 0.3 is 0 Å². The topological polar surface area (TPSA) is 71.2 Å². The zero-order valence-corrected chi connectivity index (χ0v) is 20.0. The molecular formula is C28H32N4O2. The van der Waals surface area contributed by atoms with Crippen molar-refractivity contribution in [3.05, 3.63) is 64.1 Å². The van der Waals surface area contributed by atoms with Gasteiger partial charge in [-0.15, -0.1) is 0 Å². The van der Waals surface area contributed by atoms with Crippen LogP contribution in [0.2, 0.25) is 0 Å². The van der Waals surface area contributed by atoms with Crippen LogP contribution in [0.5, 0.6) is 5.75 Å². The van der Waals surface area contributed by atoms with Crippen molar-refractivity contribution in [2.24, 2.45) is 13.0 Å². The molecule has 0 bridgehead atoms. The minimum absolute atomic E-state index is 0.0712. The van der Waals surface area contributed by atoms with Crippen LogP contribution in [-0.4, -0.2) is 28.7 Å². The van der Waals surface area contributed by atoms with Crippen molar-refractivity contribution < 1.29 is 4.74 Å². The van der Waals surface area contributed by atoms with Crippen LogP contribution in [0.4, 0.5) is 5.69 Å². The van der Waals surface area contributed by atoms with Crippen LogP contribution in [0.3, 0.4) is 0 Å². The molecule has 0 radical (unpaired) electrons. The Kier molecular flexibility index (Phi) is 6.28. The highest BCUT2D eigenvalue weighted by molar-refractivity contribution is 5.88. The molecule has 2 fully saturated rings. The van der Waals surface area contributed by atoms with E-state index in [-0.39, 0.29) is 17.6 Å². The third-order valence-corrected chi connectivity index (χ3v) is 7.59. The Morgan fingerprint density at radius 2 is 1.82 bits per heavy atom. The summed E-state index contributed by atoms with van der Waals surface area (Å²) in [6, 6.07) is 16.0. The Morgan fingerprint density at radius 3 is 2.53 bits per heavy atom. The van der Waals surface area contributed by atoms with E-state index in [1.54, 1.807) is 23.7 Å². The molecule has 1 aliphatic carbocycles. The SMILES string of the molecule is CC1CN(c2cc(=O)n(C)c3ccc(C#N)nc23)CCC1Oc1ccc(C2CCCCC2)cc1. The number of hydrogen-bond donors (Lipinski definition) is 0. The predicted octanol–water partition coefficient (Wildman–Crippen LogP) is 5.15. The fourth-order valence-corrected chi connectivity index (χ4v) is 5.56. The minimum Gasteiger partial charge on any atom is -0.490 e. The molecule has 2 aromatic heterocycles. The first kappa shape index (κ1) is 22.5. The molecule has 6 nitrogen and oxygen atoms in total. The van der Waals surface area contributed by atoms with Gasteiger partial charge < -0.3 is 14.2 Å². The Morgan fingerprint density at radius 1 is 1.06 bits per heavy atom. The summed E-state index contributed by atoms with van der Waals surface area (Å²) in [5.41, 5.74) is 3.97. The fourth-order valence-electron chi connectivity index (χ4n) is 5.56. The van der Waals surface area contributed by atoms with E-state index in [1.807, 2.05) is 6.07 Å². The van der Waals surface area contributed by atoms with Crippen molar-refractivity contribution in [3.63, 3.8) is 0 Å². The maximum absolute atomic E-state index is 12.6. The van der Waals surface area contributed by atoms with Gasteiger partial charge in [-0.25, -0.2) is 4.98 Å². The molecule has 1 aliphatic heterocycles. The summed E-state index contributed by atoms with van der Waals surface area (Å²) >= 11 is 0. The first-order valence-electron chi connectivity index (χ1n) is 12.5. The normalized spacial score (nSPS) is 21.4. The van der Waals surface area contributed by atoms with Gasteiger partial charge in [0.1, 0.15) is 29.1 Å². The van der Waals surface area contributed by atoms with Crippen molar-refractivity contribution in [1.29, 1.82) is 5.26 Å². The number of nitrogens with zero attached hydrogens (tertiary/aromatic N) is 4. The number of aromatic nitrogens is 2. The molecule has 0 spiro atoms. The van der Waals surface area contributed by atoms with Gasteiger partial charge in [0.25, 0.3) is 5.56 Å². The standard InChI is InChI=1S/C28H32N4O2/c1-19-18-32(25-16-27(33)31(2)24-13-10-22(17-29)30-28(24)25)15-14-26(19)34-23-11-8-21(9-12-23)20-6-4-3-5-7-20/h8-13,16,19-20,26H,3-7,14-15,18H2,1-2H3. The van der Waals surface area contributed by atoms with Crippen molar-refractivity contribution >= 4 is 16.7 Å². The van der Waals surface area contributed by atoms with Crippen LogP contribution in [0.1, 0.15) is 62.6 Å². The number of nitriles is 1. The average Bonchev–Trinajstić information content (AvgIpc) is 2.88. The number of ether oxygens (including phenoxy) is 1. The molecule has 5 rings (SSSR count). The highest BCUT2D eigenvalue weighted by atomic mass is 16.5. The lowest BCUT2D eigenvalue weighted by atomic mass is 9.84. The van der Waals surface area contributed by atoms with Crippen molar-refractivity contribution in [2.45, 2.75) is 57.5 Å². The molecule has 1 saturated heterocycles. The molecule has 1 saturated carbocycles. The summed E-state index contributed by atoms with van der Waals surface area (Å²) in [6.45, 7) is 3.74. The van der Waals surface area contributed by atoms with Crippen LogP contribution in [0.25, 0.3) is 11.0 Å². The summed E-state index contributed by atoms with van der Waals surface area (Å²) in [4.78, 5) is 19.4. The first-order chi connectivity index (χ1) is 16.5. The molecule has 34 heavy (non-hydrogen) atoms. The van der Waals surface area contributed by atoms with Gasteiger partial charge in [0, 0.05) is 38.5 Å². The van der Waals surface area contributed by atoms with Crippen LogP contribution in [-0.2, 0) is 7.05 Å². The van der Waals surface area contributed by atoms with Gasteiger partial charge in [-0.05, 0) is 48.6 Å². The second-order valence-electron chi connectivity index (χ2n) is 9.88. The quantitative estimate of drug-likeness (QED) is 0.543. The summed E-state index contributed by atoms with van der Waals surface area (Å²) in [5, 5.41) is 9.32. The van der Waals surface area contributed by atoms with E-state index >= 15 is 0 Å². The van der Waals surface area contributed by atoms with Gasteiger partial charge in [0.15, 0.2) is 0 Å². The van der Waals surface area contributed by atoms with E-state index < -0.39 is 0 Å². The molecule has 2 aliphatic rings. The number of pyridine rings is 2. The molecule has 1 aromatic carbocycles. The number of fused-ring (bicyclic) bond motifs is 1. The minimum atomic E-state index is -0.0712. The van der Waals surface area contributed by atoms with E-state index in [1.165, 1.54) is 37.7 Å². The van der Waals surface area contributed by atoms with Gasteiger partial charge in [0.05, 0.1) is 11.2 Å². The van der Waals surface area contributed by atoms with Crippen molar-refractivity contribution in [3.8, 4) is 11.8 Å². The van der Waals surface area contributed by atoms with Crippen molar-refractivity contribution in [2.75, 3.05) is 18.0 Å². The first-order valence-corrected chi connectivity index (χ1v) is 12.5. The third-order valence-electron chi connectivity index (χ3n) is 7.59. The molecule has 176 valence electrons. The number of aryl methyl sites for hydroxylation is 1. The van der Waals surface area contributed by atoms with E-state index in [4.69, 9.17) is 4.74 Å². The predicted molar refractivity (Wildman–Crippen MR) is 134 cm³/mol. The number of rotatable bonds is 4. The highest BCUT2D eigenvalue weighted by Crippen LogP contribution is 2.34. The Bertz CT molecular complexity index is 1270. The zero-order valence-electron chi connectivity index (χ0n) is 20.0. The van der Waals surface area contributed by atoms with Crippen LogP contribution < -0.4 is 15.2 Å². The van der Waals surface area contributed by atoms with Gasteiger partial charge in [-0.2, -0.15) is 5.26 Å². The van der Waals surface area contributed by atoms with Crippen LogP contribution in [0, 0.1) is 17.2 Å². The fraction of sp³-hybridized carbons (Fsp3) is 0.464. The number of benzene rings is 1. The lowest BCUT2D eigenvalue weighted by Crippen LogP contribution is -2.45. The molecule has 2 unspecified atom stereocenters. The van der Waals surface area contributed by atoms with Crippen LogP contribution in [0.15, 0.2) is 47.3 Å². The smallest absolute Gasteiger partial charge is 0.252 e. The monoisotopic (exact) mass is 456 g/mol. The van der Waals surface area contributed by atoms with E-state index in [9.17, 15) is 10.1 Å². The van der Waals surface area contributed by atoms with Crippen LogP contribution >= 0.6 is 0 Å². The molecule has 3 aromatic rings. The maximum Gasteiger partial charge on any atom is 0.252 e. The van der Waals surface area contributed by atoms with E-state index in [2.05, 4.69) is 47.1 Å². The number of anilines is 1. The summed E-state index contributed by atoms with van der Waals surface area (Å²) in [5.74, 6) is 1.92. The number of piperidine rings is 1. The third kappa shape index (κ3) is 4.40. The Balaban J connectivity index is 1.31. The van der Waals surface area contributed by atoms with Gasteiger partial charge in [-0.3, -0.25) is 4.79 Å². The molecule has 6 heteroatoms. The molecule has 3 heterocycles. The molecule has 0 N–H and O–H groups in total. The summed E-state index contributed by atoms with van der Waals surface area (Å²) in [7, 11) is 1.74. The summed E-state index contributed by atoms with van der Waals surface area (Å²) < 4.78 is 8.00. The molecule has 2 atom stereocenters. The van der Waals surface area contributed by atoms with E-state index in [0.717, 1.165) is 36.5 Å². The second kappa shape index (κ2) is 9.50. The lowest BCUT2D eigenvalue weighted by Gasteiger charge is -2.38. The van der Waals surface area contributed by atoms with Gasteiger partial charge in [0.2, 0.25) is 0 Å². The average molecular weight is 457 g/mol. The summed E-state index contributed by atoms with van der Waals surface area (Å²) in [6.07, 6.45) is 7.65. The Hall–Kier alpha value is -3.33. The number of hydrogen-bond acceptors (Lipinski definition) is 5. The largest absolute Gasteiger partial charge is 0.490 e. The zero-order chi connectivity index (χ0) is 23.7. The second-order valence-corrected chi connectivity index (χ2v) is 9.88. The highest BCUT2D eigenvalue weighted by Gasteiger charge is 2.29. The van der Waals surface area contributed by atoms with E-state index in [0.29, 0.717) is 17.1 Å². The van der Waals surface area contributed by atoms with Gasteiger partial charge in [-0.1, -0.05) is 38.3 Å². The molecular weight excluding hydrogens is 424 g/mol. The maximum atomic E-state index is 12.6.